The van der Waals surface area contributed by atoms with Crippen LogP contribution < -0.4 is 5.32 Å². The Morgan fingerprint density at radius 2 is 2.14 bits per heavy atom. The van der Waals surface area contributed by atoms with Gasteiger partial charge in [-0.25, -0.2) is 4.98 Å². The molecular formula is C22H21N5O. The van der Waals surface area contributed by atoms with E-state index in [1.165, 1.54) is 12.0 Å². The molecule has 2 atom stereocenters. The van der Waals surface area contributed by atoms with Crippen LogP contribution in [0.2, 0.25) is 0 Å². The van der Waals surface area contributed by atoms with Crippen molar-refractivity contribution in [2.75, 3.05) is 13.1 Å². The fourth-order valence-electron chi connectivity index (χ4n) is 4.57. The first-order chi connectivity index (χ1) is 13.8. The van der Waals surface area contributed by atoms with E-state index >= 15 is 0 Å². The first kappa shape index (κ1) is 16.0. The van der Waals surface area contributed by atoms with Crippen LogP contribution in [0.25, 0.3) is 22.4 Å². The zero-order chi connectivity index (χ0) is 18.6. The van der Waals surface area contributed by atoms with Gasteiger partial charge in [0.25, 0.3) is 0 Å². The summed E-state index contributed by atoms with van der Waals surface area (Å²) >= 11 is 0. The van der Waals surface area contributed by atoms with E-state index in [9.17, 15) is 0 Å². The second-order valence-electron chi connectivity index (χ2n) is 8.06. The van der Waals surface area contributed by atoms with Crippen molar-refractivity contribution < 1.29 is 4.52 Å². The number of imidazole rings is 1. The maximum Gasteiger partial charge on any atom is 0.230 e. The van der Waals surface area contributed by atoms with Crippen LogP contribution in [0.4, 0.5) is 0 Å². The molecule has 0 radical (unpaired) electrons. The van der Waals surface area contributed by atoms with E-state index in [1.807, 2.05) is 30.6 Å². The Balaban J connectivity index is 1.26. The smallest absolute Gasteiger partial charge is 0.230 e. The van der Waals surface area contributed by atoms with Crippen molar-refractivity contribution in [3.8, 4) is 11.4 Å². The van der Waals surface area contributed by atoms with E-state index in [-0.39, 0.29) is 0 Å². The average molecular weight is 371 g/mol. The number of para-hydroxylation sites is 2. The van der Waals surface area contributed by atoms with Gasteiger partial charge in [-0.1, -0.05) is 35.5 Å². The summed E-state index contributed by atoms with van der Waals surface area (Å²) in [6, 6.07) is 16.6. The van der Waals surface area contributed by atoms with Gasteiger partial charge < -0.3 is 14.4 Å². The highest BCUT2D eigenvalue weighted by Crippen LogP contribution is 2.62. The van der Waals surface area contributed by atoms with Gasteiger partial charge in [-0.15, -0.1) is 0 Å². The number of fused-ring (bicyclic) bond motifs is 1. The first-order valence-corrected chi connectivity index (χ1v) is 9.84. The van der Waals surface area contributed by atoms with E-state index in [1.54, 1.807) is 0 Å². The molecule has 3 heterocycles. The van der Waals surface area contributed by atoms with E-state index in [0.717, 1.165) is 48.5 Å². The van der Waals surface area contributed by atoms with Crippen LogP contribution >= 0.6 is 0 Å². The molecule has 1 N–H and O–H groups in total. The van der Waals surface area contributed by atoms with Crippen LogP contribution in [0.1, 0.15) is 30.2 Å². The van der Waals surface area contributed by atoms with Gasteiger partial charge in [0.05, 0.1) is 17.4 Å². The minimum Gasteiger partial charge on any atom is -0.339 e. The maximum atomic E-state index is 5.63. The second kappa shape index (κ2) is 6.01. The zero-order valence-corrected chi connectivity index (χ0v) is 15.5. The lowest BCUT2D eigenvalue weighted by molar-refractivity contribution is 0.364. The molecule has 0 amide bonds. The number of aromatic nitrogens is 4. The van der Waals surface area contributed by atoms with Crippen molar-refractivity contribution in [3.63, 3.8) is 0 Å². The molecule has 2 unspecified atom stereocenters. The molecule has 1 spiro atoms. The summed E-state index contributed by atoms with van der Waals surface area (Å²) in [5.74, 6) is 1.90. The van der Waals surface area contributed by atoms with Crippen molar-refractivity contribution in [2.45, 2.75) is 25.3 Å². The summed E-state index contributed by atoms with van der Waals surface area (Å²) in [7, 11) is 0. The van der Waals surface area contributed by atoms with E-state index in [0.29, 0.717) is 17.2 Å². The van der Waals surface area contributed by atoms with Gasteiger partial charge in [0.2, 0.25) is 11.7 Å². The minimum atomic E-state index is 0.369. The van der Waals surface area contributed by atoms with E-state index < -0.39 is 0 Å². The predicted octanol–water partition coefficient (Wildman–Crippen LogP) is 3.60. The molecular weight excluding hydrogens is 350 g/mol. The second-order valence-corrected chi connectivity index (χ2v) is 8.06. The number of nitrogens with zero attached hydrogens (tertiary/aromatic N) is 4. The third-order valence-corrected chi connectivity index (χ3v) is 6.27. The molecule has 2 aromatic carbocycles. The molecule has 1 aliphatic carbocycles. The van der Waals surface area contributed by atoms with Gasteiger partial charge in [-0.05, 0) is 48.6 Å². The largest absolute Gasteiger partial charge is 0.339 e. The van der Waals surface area contributed by atoms with Crippen molar-refractivity contribution in [2.24, 2.45) is 5.41 Å². The normalized spacial score (nSPS) is 23.6. The quantitative estimate of drug-likeness (QED) is 0.594. The first-order valence-electron chi connectivity index (χ1n) is 9.84. The molecule has 2 fully saturated rings. The number of rotatable bonds is 4. The lowest BCUT2D eigenvalue weighted by atomic mass is 10.0. The molecule has 2 aliphatic rings. The fraction of sp³-hybridized carbons (Fsp3) is 0.318. The molecule has 140 valence electrons. The van der Waals surface area contributed by atoms with Crippen molar-refractivity contribution in [1.82, 2.24) is 25.0 Å². The molecule has 1 aliphatic heterocycles. The number of hydrogen-bond donors (Lipinski definition) is 1. The SMILES string of the molecule is c1cc(Cn2cnc3ccccc32)cc(-c2noc(C3CC34CCNC4)n2)c1. The minimum absolute atomic E-state index is 0.369. The summed E-state index contributed by atoms with van der Waals surface area (Å²) in [6.45, 7) is 2.93. The lowest BCUT2D eigenvalue weighted by Gasteiger charge is -2.06. The summed E-state index contributed by atoms with van der Waals surface area (Å²) in [4.78, 5) is 9.20. The number of hydrogen-bond acceptors (Lipinski definition) is 5. The van der Waals surface area contributed by atoms with Crippen LogP contribution in [0, 0.1) is 5.41 Å². The number of benzene rings is 2. The molecule has 1 saturated carbocycles. The van der Waals surface area contributed by atoms with Gasteiger partial charge in [-0.2, -0.15) is 4.98 Å². The highest BCUT2D eigenvalue weighted by Gasteiger charge is 2.58. The molecule has 6 rings (SSSR count). The zero-order valence-electron chi connectivity index (χ0n) is 15.5. The summed E-state index contributed by atoms with van der Waals surface area (Å²) in [6.07, 6.45) is 4.27. The monoisotopic (exact) mass is 371 g/mol. The van der Waals surface area contributed by atoms with Crippen molar-refractivity contribution in [1.29, 1.82) is 0 Å². The molecule has 6 heteroatoms. The van der Waals surface area contributed by atoms with Gasteiger partial charge in [0.15, 0.2) is 0 Å². The lowest BCUT2D eigenvalue weighted by Crippen LogP contribution is -2.10. The van der Waals surface area contributed by atoms with Gasteiger partial charge in [-0.3, -0.25) is 0 Å². The molecule has 1 saturated heterocycles. The Morgan fingerprint density at radius 1 is 1.18 bits per heavy atom. The van der Waals surface area contributed by atoms with Crippen LogP contribution in [0.15, 0.2) is 59.4 Å². The van der Waals surface area contributed by atoms with Crippen LogP contribution in [0.5, 0.6) is 0 Å². The average Bonchev–Trinajstić information content (AvgIpc) is 3.15. The third-order valence-electron chi connectivity index (χ3n) is 6.27. The van der Waals surface area contributed by atoms with Gasteiger partial charge >= 0.3 is 0 Å². The Kier molecular flexibility index (Phi) is 3.43. The van der Waals surface area contributed by atoms with Gasteiger partial charge in [0.1, 0.15) is 0 Å². The maximum absolute atomic E-state index is 5.63. The summed E-state index contributed by atoms with van der Waals surface area (Å²) < 4.78 is 7.79. The Bertz CT molecular complexity index is 1150. The van der Waals surface area contributed by atoms with Crippen LogP contribution in [-0.4, -0.2) is 32.8 Å². The van der Waals surface area contributed by atoms with Crippen molar-refractivity contribution in [3.05, 3.63) is 66.3 Å². The predicted molar refractivity (Wildman–Crippen MR) is 106 cm³/mol. The summed E-state index contributed by atoms with van der Waals surface area (Å²) in [5.41, 5.74) is 4.71. The Labute approximate surface area is 162 Å². The highest BCUT2D eigenvalue weighted by atomic mass is 16.5. The van der Waals surface area contributed by atoms with Crippen LogP contribution in [-0.2, 0) is 6.54 Å². The molecule has 6 nitrogen and oxygen atoms in total. The van der Waals surface area contributed by atoms with Crippen molar-refractivity contribution >= 4 is 11.0 Å². The topological polar surface area (TPSA) is 68.8 Å². The van der Waals surface area contributed by atoms with E-state index in [4.69, 9.17) is 9.51 Å². The summed E-state index contributed by atoms with van der Waals surface area (Å²) in [5, 5.41) is 7.72. The Morgan fingerprint density at radius 3 is 3.07 bits per heavy atom. The number of nitrogens with one attached hydrogen (secondary N) is 1. The highest BCUT2D eigenvalue weighted by molar-refractivity contribution is 5.75. The van der Waals surface area contributed by atoms with E-state index in [2.05, 4.69) is 44.3 Å². The van der Waals surface area contributed by atoms with Gasteiger partial charge in [0, 0.05) is 24.6 Å². The Hall–Kier alpha value is -2.99. The molecule has 4 aromatic rings. The standard InChI is InChI=1S/C22H21N5O/c1-2-7-19-18(6-1)24-14-27(19)12-15-4-3-5-16(10-15)20-25-21(28-26-20)17-11-22(17)8-9-23-13-22/h1-7,10,14,17,23H,8-9,11-13H2. The molecule has 0 bridgehead atoms. The molecule has 2 aromatic heterocycles. The third kappa shape index (κ3) is 2.56. The van der Waals surface area contributed by atoms with Crippen LogP contribution in [0.3, 0.4) is 0 Å². The molecule has 28 heavy (non-hydrogen) atoms. The fourth-order valence-corrected chi connectivity index (χ4v) is 4.57.